The van der Waals surface area contributed by atoms with Gasteiger partial charge in [-0.05, 0) is 38.1 Å². The Balaban J connectivity index is 1.69. The minimum Gasteiger partial charge on any atom is -0.342 e. The molecule has 0 aliphatic carbocycles. The van der Waals surface area contributed by atoms with Crippen LogP contribution in [0.4, 0.5) is 5.95 Å². The Morgan fingerprint density at radius 3 is 3.00 bits per heavy atom. The molecule has 2 saturated heterocycles. The van der Waals surface area contributed by atoms with Crippen molar-refractivity contribution in [2.45, 2.75) is 31.7 Å². The normalized spacial score (nSPS) is 29.8. The Kier molecular flexibility index (Phi) is 3.05. The highest BCUT2D eigenvalue weighted by atomic mass is 15.3. The first-order valence-electron chi connectivity index (χ1n) is 6.80. The van der Waals surface area contributed by atoms with E-state index < -0.39 is 0 Å². The van der Waals surface area contributed by atoms with Crippen LogP contribution in [-0.2, 0) is 7.05 Å². The van der Waals surface area contributed by atoms with Gasteiger partial charge in [0, 0.05) is 38.6 Å². The van der Waals surface area contributed by atoms with Gasteiger partial charge in [0.1, 0.15) is 0 Å². The maximum absolute atomic E-state index is 4.47. The van der Waals surface area contributed by atoms with Crippen molar-refractivity contribution in [1.29, 1.82) is 0 Å². The van der Waals surface area contributed by atoms with E-state index in [1.54, 1.807) is 0 Å². The molecule has 4 nitrogen and oxygen atoms in total. The summed E-state index contributed by atoms with van der Waals surface area (Å²) in [5, 5.41) is 3.65. The van der Waals surface area contributed by atoms with Crippen molar-refractivity contribution >= 4 is 5.95 Å². The number of piperidine rings is 1. The number of aryl methyl sites for hydroxylation is 1. The largest absolute Gasteiger partial charge is 0.342 e. The van der Waals surface area contributed by atoms with Gasteiger partial charge in [0.05, 0.1) is 0 Å². The van der Waals surface area contributed by atoms with Gasteiger partial charge < -0.3 is 14.8 Å². The van der Waals surface area contributed by atoms with Gasteiger partial charge in [0.25, 0.3) is 0 Å². The van der Waals surface area contributed by atoms with E-state index in [0.29, 0.717) is 0 Å². The molecule has 2 unspecified atom stereocenters. The van der Waals surface area contributed by atoms with Crippen molar-refractivity contribution in [2.75, 3.05) is 24.5 Å². The average Bonchev–Trinajstić information content (AvgIpc) is 2.99. The summed E-state index contributed by atoms with van der Waals surface area (Å²) in [7, 11) is 2.08. The lowest BCUT2D eigenvalue weighted by Gasteiger charge is -2.36. The van der Waals surface area contributed by atoms with Crippen LogP contribution in [0.3, 0.4) is 0 Å². The van der Waals surface area contributed by atoms with E-state index in [-0.39, 0.29) is 0 Å². The molecule has 0 amide bonds. The first kappa shape index (κ1) is 11.1. The molecule has 0 bridgehead atoms. The standard InChI is InChI=1S/C13H22N4/c1-16-9-7-15-13(16)17-8-3-4-11(10-17)12-5-2-6-14-12/h7,9,11-12,14H,2-6,8,10H2,1H3. The van der Waals surface area contributed by atoms with Gasteiger partial charge in [-0.1, -0.05) is 0 Å². The lowest BCUT2D eigenvalue weighted by atomic mass is 9.90. The van der Waals surface area contributed by atoms with E-state index in [0.717, 1.165) is 24.5 Å². The summed E-state index contributed by atoms with van der Waals surface area (Å²) in [5.41, 5.74) is 0. The fourth-order valence-corrected chi connectivity index (χ4v) is 3.30. The fourth-order valence-electron chi connectivity index (χ4n) is 3.30. The molecule has 3 rings (SSSR count). The zero-order chi connectivity index (χ0) is 11.7. The van der Waals surface area contributed by atoms with E-state index in [1.165, 1.54) is 38.8 Å². The zero-order valence-corrected chi connectivity index (χ0v) is 10.6. The summed E-state index contributed by atoms with van der Waals surface area (Å²) < 4.78 is 2.13. The topological polar surface area (TPSA) is 33.1 Å². The molecule has 3 heterocycles. The van der Waals surface area contributed by atoms with E-state index in [4.69, 9.17) is 0 Å². The molecule has 0 saturated carbocycles. The van der Waals surface area contributed by atoms with Crippen molar-refractivity contribution in [3.8, 4) is 0 Å². The Morgan fingerprint density at radius 2 is 2.29 bits per heavy atom. The summed E-state index contributed by atoms with van der Waals surface area (Å²) >= 11 is 0. The van der Waals surface area contributed by atoms with Gasteiger partial charge >= 0.3 is 0 Å². The van der Waals surface area contributed by atoms with E-state index in [9.17, 15) is 0 Å². The number of anilines is 1. The highest BCUT2D eigenvalue weighted by Crippen LogP contribution is 2.26. The first-order valence-corrected chi connectivity index (χ1v) is 6.80. The molecule has 2 aliphatic heterocycles. The molecule has 0 radical (unpaired) electrons. The lowest BCUT2D eigenvalue weighted by molar-refractivity contribution is 0.326. The van der Waals surface area contributed by atoms with Crippen LogP contribution in [0.25, 0.3) is 0 Å². The smallest absolute Gasteiger partial charge is 0.205 e. The minimum atomic E-state index is 0.748. The minimum absolute atomic E-state index is 0.748. The van der Waals surface area contributed by atoms with Crippen molar-refractivity contribution in [1.82, 2.24) is 14.9 Å². The first-order chi connectivity index (χ1) is 8.34. The predicted molar refractivity (Wildman–Crippen MR) is 69.2 cm³/mol. The molecular formula is C13H22N4. The van der Waals surface area contributed by atoms with Crippen LogP contribution < -0.4 is 10.2 Å². The Morgan fingerprint density at radius 1 is 1.35 bits per heavy atom. The van der Waals surface area contributed by atoms with Crippen LogP contribution in [0.1, 0.15) is 25.7 Å². The van der Waals surface area contributed by atoms with Crippen LogP contribution in [0.2, 0.25) is 0 Å². The predicted octanol–water partition coefficient (Wildman–Crippen LogP) is 1.39. The summed E-state index contributed by atoms with van der Waals surface area (Å²) in [6.45, 7) is 3.54. The maximum Gasteiger partial charge on any atom is 0.205 e. The van der Waals surface area contributed by atoms with Crippen molar-refractivity contribution in [3.63, 3.8) is 0 Å². The summed E-state index contributed by atoms with van der Waals surface area (Å²) in [5.74, 6) is 1.94. The third-order valence-corrected chi connectivity index (χ3v) is 4.20. The fraction of sp³-hybridized carbons (Fsp3) is 0.769. The second-order valence-electron chi connectivity index (χ2n) is 5.39. The molecule has 94 valence electrons. The lowest BCUT2D eigenvalue weighted by Crippen LogP contribution is -2.44. The number of nitrogens with zero attached hydrogens (tertiary/aromatic N) is 3. The van der Waals surface area contributed by atoms with Gasteiger partial charge in [-0.2, -0.15) is 0 Å². The molecule has 4 heteroatoms. The number of aromatic nitrogens is 2. The Hall–Kier alpha value is -1.03. The van der Waals surface area contributed by atoms with Gasteiger partial charge in [-0.25, -0.2) is 4.98 Å². The van der Waals surface area contributed by atoms with Gasteiger partial charge in [-0.3, -0.25) is 0 Å². The van der Waals surface area contributed by atoms with Crippen LogP contribution in [0.5, 0.6) is 0 Å². The highest BCUT2D eigenvalue weighted by molar-refractivity contribution is 5.31. The number of hydrogen-bond donors (Lipinski definition) is 1. The molecule has 1 N–H and O–H groups in total. The molecule has 2 aliphatic rings. The SMILES string of the molecule is Cn1ccnc1N1CCCC(C2CCCN2)C1. The van der Waals surface area contributed by atoms with Crippen molar-refractivity contribution < 1.29 is 0 Å². The van der Waals surface area contributed by atoms with Crippen molar-refractivity contribution in [2.24, 2.45) is 13.0 Å². The maximum atomic E-state index is 4.47. The Labute approximate surface area is 103 Å². The average molecular weight is 234 g/mol. The van der Waals surface area contributed by atoms with Crippen LogP contribution in [0.15, 0.2) is 12.4 Å². The third kappa shape index (κ3) is 2.18. The van der Waals surface area contributed by atoms with E-state index in [1.807, 2.05) is 12.4 Å². The number of hydrogen-bond acceptors (Lipinski definition) is 3. The number of imidazole rings is 1. The van der Waals surface area contributed by atoms with Gasteiger partial charge in [0.2, 0.25) is 5.95 Å². The van der Waals surface area contributed by atoms with Gasteiger partial charge in [-0.15, -0.1) is 0 Å². The second kappa shape index (κ2) is 4.69. The summed E-state index contributed by atoms with van der Waals surface area (Å²) in [4.78, 5) is 6.92. The molecule has 2 atom stereocenters. The molecule has 0 spiro atoms. The quantitative estimate of drug-likeness (QED) is 0.839. The third-order valence-electron chi connectivity index (χ3n) is 4.20. The zero-order valence-electron chi connectivity index (χ0n) is 10.6. The second-order valence-corrected chi connectivity index (χ2v) is 5.39. The molecule has 0 aromatic carbocycles. The van der Waals surface area contributed by atoms with E-state index in [2.05, 4.69) is 26.8 Å². The molecular weight excluding hydrogens is 212 g/mol. The Bertz CT molecular complexity index is 367. The van der Waals surface area contributed by atoms with Crippen LogP contribution in [-0.4, -0.2) is 35.2 Å². The highest BCUT2D eigenvalue weighted by Gasteiger charge is 2.29. The molecule has 1 aromatic heterocycles. The van der Waals surface area contributed by atoms with Crippen LogP contribution in [0, 0.1) is 5.92 Å². The molecule has 17 heavy (non-hydrogen) atoms. The van der Waals surface area contributed by atoms with E-state index >= 15 is 0 Å². The molecule has 1 aromatic rings. The van der Waals surface area contributed by atoms with Crippen LogP contribution >= 0.6 is 0 Å². The summed E-state index contributed by atoms with van der Waals surface area (Å²) in [6, 6.07) is 0.748. The number of nitrogens with one attached hydrogen (secondary N) is 1. The molecule has 2 fully saturated rings. The monoisotopic (exact) mass is 234 g/mol. The van der Waals surface area contributed by atoms with Gasteiger partial charge in [0.15, 0.2) is 0 Å². The van der Waals surface area contributed by atoms with Crippen molar-refractivity contribution in [3.05, 3.63) is 12.4 Å². The number of rotatable bonds is 2. The summed E-state index contributed by atoms with van der Waals surface area (Å²) in [6.07, 6.45) is 9.32.